The van der Waals surface area contributed by atoms with Gasteiger partial charge in [0.25, 0.3) is 0 Å². The Kier molecular flexibility index (Phi) is 8.04. The Morgan fingerprint density at radius 2 is 1.55 bits per heavy atom. The average Bonchev–Trinajstić information content (AvgIpc) is 2.53. The topological polar surface area (TPSA) is 61.8 Å². The Morgan fingerprint density at radius 3 is 2.14 bits per heavy atom. The maximum atomic E-state index is 11.5. The molecular formula is C17H24O5. The summed E-state index contributed by atoms with van der Waals surface area (Å²) in [5.74, 6) is 0.254. The lowest BCUT2D eigenvalue weighted by molar-refractivity contribution is -0.136. The van der Waals surface area contributed by atoms with Crippen molar-refractivity contribution < 1.29 is 23.8 Å². The molecule has 0 amide bonds. The first kappa shape index (κ1) is 18.0. The molecule has 0 atom stereocenters. The summed E-state index contributed by atoms with van der Waals surface area (Å²) in [5.41, 5.74) is 0. The lowest BCUT2D eigenvalue weighted by Crippen LogP contribution is -2.10. The molecule has 1 aromatic rings. The van der Waals surface area contributed by atoms with Crippen LogP contribution in [-0.4, -0.2) is 18.5 Å². The molecule has 0 saturated heterocycles. The van der Waals surface area contributed by atoms with Crippen molar-refractivity contribution in [2.24, 2.45) is 0 Å². The van der Waals surface area contributed by atoms with Crippen LogP contribution < -0.4 is 14.2 Å². The van der Waals surface area contributed by atoms with Crippen molar-refractivity contribution in [3.8, 4) is 17.2 Å². The second kappa shape index (κ2) is 9.82. The fourth-order valence-electron chi connectivity index (χ4n) is 1.67. The quantitative estimate of drug-likeness (QED) is 0.393. The second-order valence-electron chi connectivity index (χ2n) is 4.82. The molecule has 1 aromatic carbocycles. The molecule has 0 spiro atoms. The Balaban J connectivity index is 2.83. The first-order valence-electron chi connectivity index (χ1n) is 7.78. The van der Waals surface area contributed by atoms with E-state index >= 15 is 0 Å². The summed E-state index contributed by atoms with van der Waals surface area (Å²) in [4.78, 5) is 22.9. The Morgan fingerprint density at radius 1 is 0.909 bits per heavy atom. The SMILES string of the molecule is CCCCCOc1ccc(OC(=O)CC)c(OC(=O)CC)c1. The maximum absolute atomic E-state index is 11.5. The number of carbonyl (C=O) groups is 2. The largest absolute Gasteiger partial charge is 0.493 e. The van der Waals surface area contributed by atoms with E-state index in [1.54, 1.807) is 32.0 Å². The molecular weight excluding hydrogens is 284 g/mol. The molecule has 0 fully saturated rings. The van der Waals surface area contributed by atoms with Gasteiger partial charge in [-0.3, -0.25) is 9.59 Å². The monoisotopic (exact) mass is 308 g/mol. The summed E-state index contributed by atoms with van der Waals surface area (Å²) in [6.45, 7) is 6.12. The molecule has 5 heteroatoms. The highest BCUT2D eigenvalue weighted by Gasteiger charge is 2.13. The van der Waals surface area contributed by atoms with Gasteiger partial charge >= 0.3 is 11.9 Å². The number of esters is 2. The van der Waals surface area contributed by atoms with E-state index in [-0.39, 0.29) is 30.3 Å². The van der Waals surface area contributed by atoms with Gasteiger partial charge in [0.15, 0.2) is 11.5 Å². The molecule has 0 N–H and O–H groups in total. The highest BCUT2D eigenvalue weighted by atomic mass is 16.6. The van der Waals surface area contributed by atoms with E-state index in [4.69, 9.17) is 14.2 Å². The molecule has 0 heterocycles. The summed E-state index contributed by atoms with van der Waals surface area (Å²) in [7, 11) is 0. The van der Waals surface area contributed by atoms with Gasteiger partial charge in [-0.2, -0.15) is 0 Å². The fourth-order valence-corrected chi connectivity index (χ4v) is 1.67. The van der Waals surface area contributed by atoms with Crippen molar-refractivity contribution in [2.45, 2.75) is 52.9 Å². The summed E-state index contributed by atoms with van der Waals surface area (Å²) in [5, 5.41) is 0. The minimum atomic E-state index is -0.392. The van der Waals surface area contributed by atoms with Crippen LogP contribution in [0.15, 0.2) is 18.2 Å². The summed E-state index contributed by atoms with van der Waals surface area (Å²) >= 11 is 0. The van der Waals surface area contributed by atoms with E-state index in [1.165, 1.54) is 0 Å². The van der Waals surface area contributed by atoms with Gasteiger partial charge in [-0.25, -0.2) is 0 Å². The van der Waals surface area contributed by atoms with Crippen LogP contribution in [0.25, 0.3) is 0 Å². The number of hydrogen-bond donors (Lipinski definition) is 0. The van der Waals surface area contributed by atoms with E-state index in [2.05, 4.69) is 6.92 Å². The molecule has 1 rings (SSSR count). The van der Waals surface area contributed by atoms with E-state index in [9.17, 15) is 9.59 Å². The number of hydrogen-bond acceptors (Lipinski definition) is 5. The summed E-state index contributed by atoms with van der Waals surface area (Å²) in [6, 6.07) is 4.87. The number of unbranched alkanes of at least 4 members (excludes halogenated alkanes) is 2. The molecule has 0 saturated carbocycles. The van der Waals surface area contributed by atoms with E-state index in [1.807, 2.05) is 0 Å². The van der Waals surface area contributed by atoms with Crippen molar-refractivity contribution in [2.75, 3.05) is 6.61 Å². The second-order valence-corrected chi connectivity index (χ2v) is 4.82. The van der Waals surface area contributed by atoms with Crippen LogP contribution >= 0.6 is 0 Å². The molecule has 0 aliphatic heterocycles. The number of ether oxygens (including phenoxy) is 3. The standard InChI is InChI=1S/C17H24O5/c1-4-7-8-11-20-13-9-10-14(21-16(18)5-2)15(12-13)22-17(19)6-3/h9-10,12H,4-8,11H2,1-3H3. The zero-order valence-corrected chi connectivity index (χ0v) is 13.5. The predicted octanol–water partition coefficient (Wildman–Crippen LogP) is 3.89. The molecule has 0 bridgehead atoms. The molecule has 0 unspecified atom stereocenters. The van der Waals surface area contributed by atoms with E-state index in [0.717, 1.165) is 19.3 Å². The number of benzene rings is 1. The number of carbonyl (C=O) groups excluding carboxylic acids is 2. The molecule has 0 aliphatic carbocycles. The van der Waals surface area contributed by atoms with Crippen LogP contribution in [-0.2, 0) is 9.59 Å². The predicted molar refractivity (Wildman–Crippen MR) is 83.3 cm³/mol. The Labute approximate surface area is 131 Å². The Hall–Kier alpha value is -2.04. The van der Waals surface area contributed by atoms with E-state index in [0.29, 0.717) is 12.4 Å². The third-order valence-electron chi connectivity index (χ3n) is 2.96. The van der Waals surface area contributed by atoms with Crippen LogP contribution in [0.4, 0.5) is 0 Å². The molecule has 5 nitrogen and oxygen atoms in total. The third-order valence-corrected chi connectivity index (χ3v) is 2.96. The lowest BCUT2D eigenvalue weighted by atomic mass is 10.2. The van der Waals surface area contributed by atoms with Crippen molar-refractivity contribution >= 4 is 11.9 Å². The van der Waals surface area contributed by atoms with Gasteiger partial charge < -0.3 is 14.2 Å². The Bertz CT molecular complexity index is 496. The van der Waals surface area contributed by atoms with Gasteiger partial charge in [0, 0.05) is 18.9 Å². The zero-order valence-electron chi connectivity index (χ0n) is 13.5. The van der Waals surface area contributed by atoms with E-state index < -0.39 is 5.97 Å². The van der Waals surface area contributed by atoms with Crippen LogP contribution in [0.2, 0.25) is 0 Å². The van der Waals surface area contributed by atoms with Gasteiger partial charge in [0.2, 0.25) is 0 Å². The first-order chi connectivity index (χ1) is 10.6. The van der Waals surface area contributed by atoms with Gasteiger partial charge in [-0.05, 0) is 18.6 Å². The van der Waals surface area contributed by atoms with Gasteiger partial charge in [-0.1, -0.05) is 33.6 Å². The molecule has 0 aliphatic rings. The van der Waals surface area contributed by atoms with Crippen molar-refractivity contribution in [3.63, 3.8) is 0 Å². The fraction of sp³-hybridized carbons (Fsp3) is 0.529. The molecule has 22 heavy (non-hydrogen) atoms. The minimum absolute atomic E-state index is 0.210. The average molecular weight is 308 g/mol. The van der Waals surface area contributed by atoms with Crippen molar-refractivity contribution in [3.05, 3.63) is 18.2 Å². The van der Waals surface area contributed by atoms with Crippen LogP contribution in [0.5, 0.6) is 17.2 Å². The van der Waals surface area contributed by atoms with Gasteiger partial charge in [0.1, 0.15) is 5.75 Å². The van der Waals surface area contributed by atoms with Gasteiger partial charge in [-0.15, -0.1) is 0 Å². The summed E-state index contributed by atoms with van der Waals surface area (Å²) in [6.07, 6.45) is 3.67. The van der Waals surface area contributed by atoms with Crippen LogP contribution in [0.1, 0.15) is 52.9 Å². The zero-order chi connectivity index (χ0) is 16.4. The highest BCUT2D eigenvalue weighted by Crippen LogP contribution is 2.32. The van der Waals surface area contributed by atoms with Gasteiger partial charge in [0.05, 0.1) is 6.61 Å². The van der Waals surface area contributed by atoms with Crippen molar-refractivity contribution in [1.29, 1.82) is 0 Å². The lowest BCUT2D eigenvalue weighted by Gasteiger charge is -2.12. The molecule has 122 valence electrons. The number of rotatable bonds is 9. The molecule has 0 aromatic heterocycles. The smallest absolute Gasteiger partial charge is 0.311 e. The maximum Gasteiger partial charge on any atom is 0.311 e. The van der Waals surface area contributed by atoms with Crippen molar-refractivity contribution in [1.82, 2.24) is 0 Å². The first-order valence-corrected chi connectivity index (χ1v) is 7.78. The van der Waals surface area contributed by atoms with Crippen LogP contribution in [0, 0.1) is 0 Å². The normalized spacial score (nSPS) is 10.1. The minimum Gasteiger partial charge on any atom is -0.493 e. The third kappa shape index (κ3) is 6.16. The van der Waals surface area contributed by atoms with Crippen LogP contribution in [0.3, 0.4) is 0 Å². The summed E-state index contributed by atoms with van der Waals surface area (Å²) < 4.78 is 16.0. The molecule has 0 radical (unpaired) electrons. The highest BCUT2D eigenvalue weighted by molar-refractivity contribution is 5.76.